The third-order valence-corrected chi connectivity index (χ3v) is 5.37. The highest BCUT2D eigenvalue weighted by atomic mass is 19.4. The molecule has 2 atom stereocenters. The van der Waals surface area contributed by atoms with Crippen molar-refractivity contribution in [2.75, 3.05) is 31.6 Å². The number of rotatable bonds is 3. The molecule has 1 aromatic rings. The number of carbonyl (C=O) groups is 1. The first-order chi connectivity index (χ1) is 13.4. The van der Waals surface area contributed by atoms with Gasteiger partial charge in [-0.2, -0.15) is 13.2 Å². The molecule has 0 saturated carbocycles. The van der Waals surface area contributed by atoms with Crippen molar-refractivity contribution in [2.45, 2.75) is 64.3 Å². The second-order valence-electron chi connectivity index (χ2n) is 8.75. The van der Waals surface area contributed by atoms with Crippen LogP contribution in [0.25, 0.3) is 0 Å². The van der Waals surface area contributed by atoms with E-state index < -0.39 is 23.4 Å². The number of halogens is 3. The van der Waals surface area contributed by atoms with Crippen molar-refractivity contribution in [3.63, 3.8) is 0 Å². The van der Waals surface area contributed by atoms with Crippen LogP contribution in [0, 0.1) is 0 Å². The Bertz CT molecular complexity index is 774. The summed E-state index contributed by atoms with van der Waals surface area (Å²) >= 11 is 0. The maximum atomic E-state index is 13.8. The Kier molecular flexibility index (Phi) is 5.66. The molecule has 5 nitrogen and oxygen atoms in total. The van der Waals surface area contributed by atoms with Gasteiger partial charge in [0.15, 0.2) is 0 Å². The van der Waals surface area contributed by atoms with Crippen molar-refractivity contribution in [3.8, 4) is 5.75 Å². The Hall–Kier alpha value is -2.12. The molecule has 1 fully saturated rings. The van der Waals surface area contributed by atoms with Crippen LogP contribution in [-0.4, -0.2) is 49.4 Å². The van der Waals surface area contributed by atoms with E-state index in [1.54, 1.807) is 43.7 Å². The predicted octanol–water partition coefficient (Wildman–Crippen LogP) is 5.04. The van der Waals surface area contributed by atoms with Crippen molar-refractivity contribution < 1.29 is 27.4 Å². The van der Waals surface area contributed by atoms with Crippen LogP contribution in [0.15, 0.2) is 12.1 Å². The Labute approximate surface area is 169 Å². The molecule has 0 radical (unpaired) electrons. The van der Waals surface area contributed by atoms with Crippen molar-refractivity contribution in [1.29, 1.82) is 0 Å². The molecule has 1 amide bonds. The molecule has 0 N–H and O–H groups in total. The summed E-state index contributed by atoms with van der Waals surface area (Å²) in [5.74, 6) is 0.00362. The SMILES string of the molecule is CCCOc1cc2c(c(C(F)(F)F)c1)N(C)C1CCN(C(=O)OC(C)(C)C)CC21. The number of benzene rings is 1. The molecule has 1 saturated heterocycles. The van der Waals surface area contributed by atoms with E-state index in [1.165, 1.54) is 0 Å². The molecule has 0 bridgehead atoms. The van der Waals surface area contributed by atoms with Crippen molar-refractivity contribution in [3.05, 3.63) is 23.3 Å². The minimum absolute atomic E-state index is 0.0915. The Morgan fingerprint density at radius 2 is 1.93 bits per heavy atom. The number of hydrogen-bond donors (Lipinski definition) is 0. The minimum Gasteiger partial charge on any atom is -0.494 e. The van der Waals surface area contributed by atoms with Crippen LogP contribution < -0.4 is 9.64 Å². The lowest BCUT2D eigenvalue weighted by molar-refractivity contribution is -0.137. The fraction of sp³-hybridized carbons (Fsp3) is 0.667. The molecular weight excluding hydrogens is 385 g/mol. The molecule has 3 rings (SSSR count). The molecule has 2 aliphatic heterocycles. The number of likely N-dealkylation sites (tertiary alicyclic amines) is 1. The third kappa shape index (κ3) is 4.41. The zero-order valence-electron chi connectivity index (χ0n) is 17.6. The first-order valence-electron chi connectivity index (χ1n) is 10.0. The van der Waals surface area contributed by atoms with Crippen LogP contribution in [0.3, 0.4) is 0 Å². The van der Waals surface area contributed by atoms with Gasteiger partial charge < -0.3 is 19.3 Å². The quantitative estimate of drug-likeness (QED) is 0.695. The van der Waals surface area contributed by atoms with Crippen LogP contribution in [0.4, 0.5) is 23.7 Å². The smallest absolute Gasteiger partial charge is 0.418 e. The van der Waals surface area contributed by atoms with Gasteiger partial charge in [0.2, 0.25) is 0 Å². The molecule has 0 aromatic heterocycles. The summed E-state index contributed by atoms with van der Waals surface area (Å²) in [6.45, 7) is 8.42. The van der Waals surface area contributed by atoms with E-state index in [-0.39, 0.29) is 23.4 Å². The number of amides is 1. The average Bonchev–Trinajstić information content (AvgIpc) is 2.89. The number of nitrogens with zero attached hydrogens (tertiary/aromatic N) is 2. The lowest BCUT2D eigenvalue weighted by Gasteiger charge is -2.38. The minimum atomic E-state index is -4.48. The number of ether oxygens (including phenoxy) is 2. The number of likely N-dealkylation sites (N-methyl/N-ethyl adjacent to an activating group) is 1. The van der Waals surface area contributed by atoms with Gasteiger partial charge in [0.05, 0.1) is 17.9 Å². The summed E-state index contributed by atoms with van der Waals surface area (Å²) in [4.78, 5) is 15.8. The van der Waals surface area contributed by atoms with E-state index in [2.05, 4.69) is 0 Å². The normalized spacial score (nSPS) is 21.7. The number of fused-ring (bicyclic) bond motifs is 3. The van der Waals surface area contributed by atoms with Gasteiger partial charge in [-0.15, -0.1) is 0 Å². The van der Waals surface area contributed by atoms with Gasteiger partial charge in [0.25, 0.3) is 0 Å². The summed E-state index contributed by atoms with van der Waals surface area (Å²) < 4.78 is 52.5. The molecule has 8 heteroatoms. The average molecular weight is 414 g/mol. The Morgan fingerprint density at radius 3 is 2.52 bits per heavy atom. The molecule has 0 aliphatic carbocycles. The Morgan fingerprint density at radius 1 is 1.24 bits per heavy atom. The zero-order chi connectivity index (χ0) is 21.6. The zero-order valence-corrected chi connectivity index (χ0v) is 17.6. The standard InChI is InChI=1S/C21H29F3N2O3/c1-6-9-28-13-10-14-15-12-26(19(27)29-20(2,3)4)8-7-17(15)25(5)18(14)16(11-13)21(22,23)24/h10-11,15,17H,6-9,12H2,1-5H3. The molecule has 2 aliphatic rings. The number of piperidine rings is 1. The van der Waals surface area contributed by atoms with Crippen LogP contribution in [0.2, 0.25) is 0 Å². The summed E-state index contributed by atoms with van der Waals surface area (Å²) in [7, 11) is 1.70. The van der Waals surface area contributed by atoms with Crippen LogP contribution in [0.1, 0.15) is 57.6 Å². The molecule has 162 valence electrons. The van der Waals surface area contributed by atoms with E-state index in [1.807, 2.05) is 6.92 Å². The second kappa shape index (κ2) is 7.61. The van der Waals surface area contributed by atoms with Crippen LogP contribution in [-0.2, 0) is 10.9 Å². The first kappa shape index (κ1) is 21.6. The monoisotopic (exact) mass is 414 g/mol. The Balaban J connectivity index is 1.96. The molecule has 2 unspecified atom stereocenters. The summed E-state index contributed by atoms with van der Waals surface area (Å²) in [5.41, 5.74) is -0.515. The van der Waals surface area contributed by atoms with E-state index >= 15 is 0 Å². The van der Waals surface area contributed by atoms with Gasteiger partial charge in [0, 0.05) is 32.1 Å². The number of alkyl halides is 3. The van der Waals surface area contributed by atoms with E-state index in [4.69, 9.17) is 9.47 Å². The topological polar surface area (TPSA) is 42.0 Å². The van der Waals surface area contributed by atoms with Gasteiger partial charge in [-0.25, -0.2) is 4.79 Å². The third-order valence-electron chi connectivity index (χ3n) is 5.37. The highest BCUT2D eigenvalue weighted by Gasteiger charge is 2.47. The molecule has 0 spiro atoms. The summed E-state index contributed by atoms with van der Waals surface area (Å²) in [6.07, 6.45) is -3.63. The van der Waals surface area contributed by atoms with Gasteiger partial charge in [-0.05, 0) is 51.3 Å². The number of hydrogen-bond acceptors (Lipinski definition) is 4. The maximum Gasteiger partial charge on any atom is 0.418 e. The van der Waals surface area contributed by atoms with Gasteiger partial charge >= 0.3 is 12.3 Å². The fourth-order valence-corrected chi connectivity index (χ4v) is 4.19. The lowest BCUT2D eigenvalue weighted by Crippen LogP contribution is -2.48. The summed E-state index contributed by atoms with van der Waals surface area (Å²) in [6, 6.07) is 2.71. The van der Waals surface area contributed by atoms with Crippen molar-refractivity contribution in [1.82, 2.24) is 4.90 Å². The first-order valence-corrected chi connectivity index (χ1v) is 10.0. The van der Waals surface area contributed by atoms with E-state index in [9.17, 15) is 18.0 Å². The van der Waals surface area contributed by atoms with Crippen molar-refractivity contribution >= 4 is 11.8 Å². The van der Waals surface area contributed by atoms with Crippen molar-refractivity contribution in [2.24, 2.45) is 0 Å². The fourth-order valence-electron chi connectivity index (χ4n) is 4.19. The largest absolute Gasteiger partial charge is 0.494 e. The predicted molar refractivity (Wildman–Crippen MR) is 105 cm³/mol. The summed E-state index contributed by atoms with van der Waals surface area (Å²) in [5, 5.41) is 0. The number of carbonyl (C=O) groups excluding carboxylic acids is 1. The highest BCUT2D eigenvalue weighted by Crippen LogP contribution is 2.51. The van der Waals surface area contributed by atoms with Gasteiger partial charge in [-0.3, -0.25) is 0 Å². The highest BCUT2D eigenvalue weighted by molar-refractivity contribution is 5.72. The van der Waals surface area contributed by atoms with Crippen LogP contribution >= 0.6 is 0 Å². The molecule has 29 heavy (non-hydrogen) atoms. The van der Waals surface area contributed by atoms with E-state index in [0.717, 1.165) is 6.07 Å². The van der Waals surface area contributed by atoms with Crippen LogP contribution in [0.5, 0.6) is 5.75 Å². The maximum absolute atomic E-state index is 13.8. The van der Waals surface area contributed by atoms with E-state index in [0.29, 0.717) is 38.1 Å². The molecule has 2 heterocycles. The van der Waals surface area contributed by atoms with Gasteiger partial charge in [-0.1, -0.05) is 6.92 Å². The lowest BCUT2D eigenvalue weighted by atomic mass is 9.88. The molecular formula is C21H29F3N2O3. The second-order valence-corrected chi connectivity index (χ2v) is 8.75. The molecule has 1 aromatic carbocycles. The number of anilines is 1. The van der Waals surface area contributed by atoms with Gasteiger partial charge in [0.1, 0.15) is 11.4 Å².